The molecule has 0 aromatic heterocycles. The molecular weight excluding hydrogens is 288 g/mol. The second kappa shape index (κ2) is 7.27. The summed E-state index contributed by atoms with van der Waals surface area (Å²) >= 11 is 3.63. The molecule has 0 heterocycles. The summed E-state index contributed by atoms with van der Waals surface area (Å²) in [4.78, 5) is 2.37. The Kier molecular flexibility index (Phi) is 6.33. The van der Waals surface area contributed by atoms with Crippen LogP contribution in [-0.2, 0) is 0 Å². The highest BCUT2D eigenvalue weighted by Crippen LogP contribution is 2.29. The lowest BCUT2D eigenvalue weighted by molar-refractivity contribution is 0.207. The quantitative estimate of drug-likeness (QED) is 0.865. The molecule has 0 aliphatic heterocycles. The van der Waals surface area contributed by atoms with Crippen molar-refractivity contribution in [2.24, 2.45) is 11.7 Å². The Labute approximate surface area is 120 Å². The summed E-state index contributed by atoms with van der Waals surface area (Å²) in [6.07, 6.45) is 1.20. The highest BCUT2D eigenvalue weighted by molar-refractivity contribution is 9.10. The average Bonchev–Trinajstić information content (AvgIpc) is 2.29. The molecule has 2 nitrogen and oxygen atoms in total. The van der Waals surface area contributed by atoms with E-state index in [0.717, 1.165) is 16.9 Å². The molecule has 1 aromatic rings. The molecule has 0 saturated heterocycles. The average molecular weight is 313 g/mol. The smallest absolute Gasteiger partial charge is 0.0504 e. The summed E-state index contributed by atoms with van der Waals surface area (Å²) in [5.74, 6) is 0.723. The highest BCUT2D eigenvalue weighted by atomic mass is 79.9. The summed E-state index contributed by atoms with van der Waals surface area (Å²) in [5.41, 5.74) is 7.46. The lowest BCUT2D eigenvalue weighted by Crippen LogP contribution is -2.38. The van der Waals surface area contributed by atoms with Crippen LogP contribution in [0.4, 0.5) is 0 Å². The first-order valence-electron chi connectivity index (χ1n) is 6.63. The van der Waals surface area contributed by atoms with E-state index in [1.165, 1.54) is 12.0 Å². The Balaban J connectivity index is 2.86. The number of nitrogens with two attached hydrogens (primary N) is 1. The van der Waals surface area contributed by atoms with Gasteiger partial charge in [0.05, 0.1) is 6.04 Å². The van der Waals surface area contributed by atoms with Gasteiger partial charge in [0.1, 0.15) is 0 Å². The van der Waals surface area contributed by atoms with Crippen molar-refractivity contribution in [2.45, 2.75) is 39.3 Å². The molecule has 3 heteroatoms. The molecule has 102 valence electrons. The van der Waals surface area contributed by atoms with E-state index in [2.05, 4.69) is 66.8 Å². The van der Waals surface area contributed by atoms with E-state index in [-0.39, 0.29) is 12.1 Å². The van der Waals surface area contributed by atoms with Crippen LogP contribution in [0.25, 0.3) is 0 Å². The van der Waals surface area contributed by atoms with E-state index in [4.69, 9.17) is 5.73 Å². The van der Waals surface area contributed by atoms with Crippen molar-refractivity contribution >= 4 is 15.9 Å². The number of benzene rings is 1. The number of halogens is 1. The van der Waals surface area contributed by atoms with Gasteiger partial charge in [-0.1, -0.05) is 48.0 Å². The Bertz CT molecular complexity index is 363. The first-order chi connectivity index (χ1) is 8.43. The van der Waals surface area contributed by atoms with E-state index in [1.807, 2.05) is 6.07 Å². The minimum atomic E-state index is 0.112. The van der Waals surface area contributed by atoms with E-state index >= 15 is 0 Å². The topological polar surface area (TPSA) is 29.3 Å². The molecule has 1 rings (SSSR count). The Hall–Kier alpha value is -0.380. The number of rotatable bonds is 6. The van der Waals surface area contributed by atoms with Crippen LogP contribution in [0.2, 0.25) is 0 Å². The maximum atomic E-state index is 6.18. The van der Waals surface area contributed by atoms with E-state index in [1.54, 1.807) is 0 Å². The van der Waals surface area contributed by atoms with Gasteiger partial charge in [-0.05, 0) is 44.5 Å². The van der Waals surface area contributed by atoms with Crippen molar-refractivity contribution in [1.29, 1.82) is 0 Å². The molecule has 0 aliphatic rings. The van der Waals surface area contributed by atoms with Gasteiger partial charge < -0.3 is 5.73 Å². The van der Waals surface area contributed by atoms with Gasteiger partial charge in [-0.3, -0.25) is 4.90 Å². The third kappa shape index (κ3) is 4.38. The standard InChI is InChI=1S/C15H25BrN2/c1-11(2)9-10-18(4)15(12(3)17)13-7-5-6-8-14(13)16/h5-8,11-12,15H,9-10,17H2,1-4H3. The van der Waals surface area contributed by atoms with Crippen LogP contribution in [0.5, 0.6) is 0 Å². The maximum absolute atomic E-state index is 6.18. The molecule has 0 amide bonds. The maximum Gasteiger partial charge on any atom is 0.0504 e. The van der Waals surface area contributed by atoms with Crippen molar-refractivity contribution in [1.82, 2.24) is 4.90 Å². The minimum absolute atomic E-state index is 0.112. The van der Waals surface area contributed by atoms with Gasteiger partial charge in [0.15, 0.2) is 0 Å². The number of likely N-dealkylation sites (N-methyl/N-ethyl adjacent to an activating group) is 1. The van der Waals surface area contributed by atoms with E-state index in [0.29, 0.717) is 0 Å². The largest absolute Gasteiger partial charge is 0.326 e. The lowest BCUT2D eigenvalue weighted by atomic mass is 9.99. The van der Waals surface area contributed by atoms with Crippen molar-refractivity contribution in [2.75, 3.05) is 13.6 Å². The molecule has 18 heavy (non-hydrogen) atoms. The van der Waals surface area contributed by atoms with Crippen molar-refractivity contribution in [3.63, 3.8) is 0 Å². The van der Waals surface area contributed by atoms with Crippen LogP contribution in [0.1, 0.15) is 38.8 Å². The third-order valence-electron chi connectivity index (χ3n) is 3.26. The fraction of sp³-hybridized carbons (Fsp3) is 0.600. The second-order valence-electron chi connectivity index (χ2n) is 5.49. The number of hydrogen-bond donors (Lipinski definition) is 1. The van der Waals surface area contributed by atoms with Crippen LogP contribution in [0.15, 0.2) is 28.7 Å². The van der Waals surface area contributed by atoms with Gasteiger partial charge in [0.2, 0.25) is 0 Å². The summed E-state index contributed by atoms with van der Waals surface area (Å²) < 4.78 is 1.14. The molecule has 2 atom stereocenters. The summed E-state index contributed by atoms with van der Waals surface area (Å²) in [6.45, 7) is 7.67. The Morgan fingerprint density at radius 1 is 1.22 bits per heavy atom. The van der Waals surface area contributed by atoms with Crippen LogP contribution < -0.4 is 5.73 Å². The van der Waals surface area contributed by atoms with Crippen LogP contribution >= 0.6 is 15.9 Å². The molecule has 0 bridgehead atoms. The molecule has 0 aliphatic carbocycles. The SMILES string of the molecule is CC(C)CCN(C)C(c1ccccc1Br)C(C)N. The monoisotopic (exact) mass is 312 g/mol. The fourth-order valence-corrected chi connectivity index (χ4v) is 2.76. The Morgan fingerprint density at radius 3 is 2.33 bits per heavy atom. The highest BCUT2D eigenvalue weighted by Gasteiger charge is 2.22. The van der Waals surface area contributed by atoms with Crippen LogP contribution in [0.3, 0.4) is 0 Å². The van der Waals surface area contributed by atoms with Crippen molar-refractivity contribution < 1.29 is 0 Å². The van der Waals surface area contributed by atoms with Gasteiger partial charge in [0, 0.05) is 10.5 Å². The van der Waals surface area contributed by atoms with Gasteiger partial charge in [-0.15, -0.1) is 0 Å². The molecule has 0 radical (unpaired) electrons. The van der Waals surface area contributed by atoms with Crippen molar-refractivity contribution in [3.05, 3.63) is 34.3 Å². The van der Waals surface area contributed by atoms with E-state index in [9.17, 15) is 0 Å². The number of hydrogen-bond acceptors (Lipinski definition) is 2. The van der Waals surface area contributed by atoms with Gasteiger partial charge >= 0.3 is 0 Å². The minimum Gasteiger partial charge on any atom is -0.326 e. The third-order valence-corrected chi connectivity index (χ3v) is 3.98. The van der Waals surface area contributed by atoms with Gasteiger partial charge in [-0.25, -0.2) is 0 Å². The van der Waals surface area contributed by atoms with E-state index < -0.39 is 0 Å². The van der Waals surface area contributed by atoms with Crippen LogP contribution in [0, 0.1) is 5.92 Å². The molecule has 0 fully saturated rings. The zero-order chi connectivity index (χ0) is 13.7. The first-order valence-corrected chi connectivity index (χ1v) is 7.43. The molecule has 0 saturated carbocycles. The summed E-state index contributed by atoms with van der Waals surface area (Å²) in [6, 6.07) is 8.73. The molecular formula is C15H25BrN2. The summed E-state index contributed by atoms with van der Waals surface area (Å²) in [5, 5.41) is 0. The summed E-state index contributed by atoms with van der Waals surface area (Å²) in [7, 11) is 2.16. The molecule has 2 unspecified atom stereocenters. The van der Waals surface area contributed by atoms with Gasteiger partial charge in [-0.2, -0.15) is 0 Å². The number of nitrogens with zero attached hydrogens (tertiary/aromatic N) is 1. The molecule has 2 N–H and O–H groups in total. The first kappa shape index (κ1) is 15.7. The fourth-order valence-electron chi connectivity index (χ4n) is 2.24. The molecule has 1 aromatic carbocycles. The predicted octanol–water partition coefficient (Wildman–Crippen LogP) is 3.82. The predicted molar refractivity (Wildman–Crippen MR) is 82.6 cm³/mol. The second-order valence-corrected chi connectivity index (χ2v) is 6.34. The lowest BCUT2D eigenvalue weighted by Gasteiger charge is -2.32. The zero-order valence-electron chi connectivity index (χ0n) is 11.9. The Morgan fingerprint density at radius 2 is 1.83 bits per heavy atom. The van der Waals surface area contributed by atoms with Crippen LogP contribution in [-0.4, -0.2) is 24.5 Å². The van der Waals surface area contributed by atoms with Gasteiger partial charge in [0.25, 0.3) is 0 Å². The normalized spacial score (nSPS) is 15.1. The zero-order valence-corrected chi connectivity index (χ0v) is 13.4. The molecule has 0 spiro atoms. The van der Waals surface area contributed by atoms with Crippen molar-refractivity contribution in [3.8, 4) is 0 Å².